The van der Waals surface area contributed by atoms with Crippen molar-refractivity contribution in [1.82, 2.24) is 29.9 Å². The molecule has 3 aliphatic heterocycles. The molecule has 0 spiro atoms. The second-order valence-electron chi connectivity index (χ2n) is 18.0. The number of anilines is 10. The van der Waals surface area contributed by atoms with Gasteiger partial charge in [-0.05, 0) is 60.0 Å². The summed E-state index contributed by atoms with van der Waals surface area (Å²) in [7, 11) is -24.7. The van der Waals surface area contributed by atoms with Crippen LogP contribution in [0.3, 0.4) is 0 Å². The first-order valence-electron chi connectivity index (χ1n) is 23.9. The summed E-state index contributed by atoms with van der Waals surface area (Å²) in [6.07, 6.45) is 0. The van der Waals surface area contributed by atoms with Gasteiger partial charge in [-0.3, -0.25) is 22.8 Å². The smallest absolute Gasteiger partial charge is 0.300 e. The Morgan fingerprint density at radius 2 is 0.953 bits per heavy atom. The molecule has 0 radical (unpaired) electrons. The quantitative estimate of drug-likeness (QED) is 0.0487. The summed E-state index contributed by atoms with van der Waals surface area (Å²) < 4.78 is 194. The van der Waals surface area contributed by atoms with Crippen molar-refractivity contribution in [3.05, 3.63) is 106 Å². The van der Waals surface area contributed by atoms with Gasteiger partial charge in [0.1, 0.15) is 37.0 Å². The maximum Gasteiger partial charge on any atom is 0.300 e. The fourth-order valence-electron chi connectivity index (χ4n) is 8.70. The van der Waals surface area contributed by atoms with Crippen molar-refractivity contribution in [1.29, 1.82) is 0 Å². The van der Waals surface area contributed by atoms with Gasteiger partial charge in [-0.2, -0.15) is 72.0 Å². The van der Waals surface area contributed by atoms with Gasteiger partial charge >= 0.3 is 0 Å². The lowest BCUT2D eigenvalue weighted by molar-refractivity contribution is 0.122. The molecule has 3 aliphatic rings. The number of aromatic nitrogens is 6. The summed E-state index contributed by atoms with van der Waals surface area (Å²) in [6, 6.07) is 18.5. The number of benzene rings is 6. The van der Waals surface area contributed by atoms with Gasteiger partial charge in [0, 0.05) is 30.7 Å². The Kier molecular flexibility index (Phi) is 15.1. The fraction of sp³-hybridized carbons (Fsp3) is 0.130. The molecule has 1 fully saturated rings. The summed E-state index contributed by atoms with van der Waals surface area (Å²) in [6.45, 7) is 0.776. The first-order valence-corrected chi connectivity index (χ1v) is 32.0. The van der Waals surface area contributed by atoms with Crippen LogP contribution in [0.2, 0.25) is 10.0 Å². The Hall–Kier alpha value is -8.31. The van der Waals surface area contributed by atoms with Crippen LogP contribution in [0, 0.1) is 0 Å². The molecule has 442 valence electrons. The van der Waals surface area contributed by atoms with Gasteiger partial charge < -0.3 is 45.7 Å². The third-order valence-corrected chi connectivity index (χ3v) is 17.4. The molecule has 11 rings (SSSR count). The van der Waals surface area contributed by atoms with E-state index in [0.717, 1.165) is 18.2 Å². The molecule has 8 aromatic rings. The second kappa shape index (κ2) is 22.0. The summed E-state index contributed by atoms with van der Waals surface area (Å²) in [5.41, 5.74) is -1.45. The van der Waals surface area contributed by atoms with Crippen LogP contribution in [0.15, 0.2) is 114 Å². The molecule has 0 unspecified atom stereocenters. The zero-order chi connectivity index (χ0) is 60.5. The van der Waals surface area contributed by atoms with E-state index in [9.17, 15) is 64.9 Å². The number of hydrogen-bond acceptors (Lipinski definition) is 27. The standard InChI is InChI=1S/C46H36Cl2N14O18S5/c47-30-33-37(80-35-26(52-33)12-14-29(40(35)85(75,76)77)55-45-58-42(60-46(61-45)62-16-18-78-19-17-62)50-22-6-8-23(9-7-22)82(66,67)68)31(48)32-36(30)79-34-25(51-32)11-13-28(39(34)84(72,73)74)54-44-57-41(49-15-20-81(63,64)65)56-43(59-44)53-27-10-5-21-3-1-2-4-24(21)38(27)83(69,70)71/h1-14H,15-20H2,(H,63,64,65)(H,66,67,68)(H,69,70,71)(H,72,73,74)(H,75,76,77)(H2,50,55,58,60,61)(H3,49,53,54,56,57,59). The van der Waals surface area contributed by atoms with Gasteiger partial charge in [-0.25, -0.2) is 9.98 Å². The average molecular weight is 1300 g/mol. The molecular weight excluding hydrogens is 1270 g/mol. The number of nitrogens with one attached hydrogen (secondary N) is 5. The number of fused-ring (bicyclic) bond motifs is 5. The van der Waals surface area contributed by atoms with E-state index >= 15 is 0 Å². The molecule has 0 atom stereocenters. The molecule has 1 saturated heterocycles. The van der Waals surface area contributed by atoms with E-state index in [4.69, 9.17) is 37.4 Å². The molecule has 0 aliphatic carbocycles. The Balaban J connectivity index is 0.948. The van der Waals surface area contributed by atoms with E-state index < -0.39 is 134 Å². The third kappa shape index (κ3) is 12.3. The van der Waals surface area contributed by atoms with Crippen molar-refractivity contribution in [2.45, 2.75) is 19.6 Å². The van der Waals surface area contributed by atoms with Crippen LogP contribution in [0.5, 0.6) is 23.0 Å². The number of rotatable bonds is 17. The zero-order valence-electron chi connectivity index (χ0n) is 42.2. The molecule has 6 aromatic carbocycles. The molecule has 0 saturated carbocycles. The lowest BCUT2D eigenvalue weighted by Crippen LogP contribution is -2.37. The van der Waals surface area contributed by atoms with Gasteiger partial charge in [0.05, 0.1) is 40.9 Å². The SMILES string of the molecule is O=S(=O)(O)CCNc1nc(Nc2ccc3c(c2S(=O)(=O)O)Oc2c(Cl)c4c(c(Cl)c2=N3)Oc2c(ccc(Nc3nc(Nc5ccc(S(=O)(=O)O)cc5)nc(N5CCOCC5)n3)c2S(=O)(=O)O)N=4)nc(Nc2ccc3ccccc3c2S(=O)(=O)O)n1. The topological polar surface area (TPSA) is 465 Å². The van der Waals surface area contributed by atoms with E-state index in [0.29, 0.717) is 31.7 Å². The highest BCUT2D eigenvalue weighted by molar-refractivity contribution is 7.87. The number of halogens is 2. The van der Waals surface area contributed by atoms with Crippen molar-refractivity contribution in [3.8, 4) is 23.0 Å². The van der Waals surface area contributed by atoms with Crippen LogP contribution in [0.25, 0.3) is 10.8 Å². The first kappa shape index (κ1) is 58.5. The van der Waals surface area contributed by atoms with Crippen molar-refractivity contribution in [3.63, 3.8) is 0 Å². The molecular formula is C46H36Cl2N14O18S5. The molecule has 0 amide bonds. The van der Waals surface area contributed by atoms with Crippen LogP contribution in [-0.2, 0) is 55.3 Å². The highest BCUT2D eigenvalue weighted by atomic mass is 35.5. The van der Waals surface area contributed by atoms with E-state index in [1.807, 2.05) is 0 Å². The Labute approximate surface area is 488 Å². The number of nitrogens with zero attached hydrogens (tertiary/aromatic N) is 9. The zero-order valence-corrected chi connectivity index (χ0v) is 47.8. The molecule has 32 nitrogen and oxygen atoms in total. The summed E-state index contributed by atoms with van der Waals surface area (Å²) in [5.74, 6) is -4.79. The second-order valence-corrected chi connectivity index (χ2v) is 25.8. The molecule has 10 N–H and O–H groups in total. The van der Waals surface area contributed by atoms with Gasteiger partial charge in [0.15, 0.2) is 32.8 Å². The van der Waals surface area contributed by atoms with Crippen LogP contribution < -0.4 is 51.7 Å². The first-order chi connectivity index (χ1) is 40.1. The number of ether oxygens (including phenoxy) is 3. The summed E-state index contributed by atoms with van der Waals surface area (Å²) in [4.78, 5) is 33.6. The molecule has 85 heavy (non-hydrogen) atoms. The van der Waals surface area contributed by atoms with Crippen LogP contribution in [0.4, 0.5) is 69.8 Å². The molecule has 2 aromatic heterocycles. The van der Waals surface area contributed by atoms with Crippen molar-refractivity contribution in [2.24, 2.45) is 9.98 Å². The van der Waals surface area contributed by atoms with Crippen LogP contribution >= 0.6 is 23.2 Å². The van der Waals surface area contributed by atoms with Crippen molar-refractivity contribution >= 4 is 154 Å². The Bertz CT molecular complexity index is 4880. The fourth-order valence-corrected chi connectivity index (χ4v) is 12.5. The predicted molar refractivity (Wildman–Crippen MR) is 301 cm³/mol. The van der Waals surface area contributed by atoms with Gasteiger partial charge in [-0.1, -0.05) is 53.5 Å². The average Bonchev–Trinajstić information content (AvgIpc) is 2.00. The van der Waals surface area contributed by atoms with Gasteiger partial charge in [0.2, 0.25) is 35.7 Å². The maximum absolute atomic E-state index is 13.4. The molecule has 0 bridgehead atoms. The predicted octanol–water partition coefficient (Wildman–Crippen LogP) is 5.73. The van der Waals surface area contributed by atoms with E-state index in [-0.39, 0.29) is 67.3 Å². The summed E-state index contributed by atoms with van der Waals surface area (Å²) in [5, 5.41) is 12.4. The number of morpholine rings is 1. The minimum atomic E-state index is -5.40. The van der Waals surface area contributed by atoms with Crippen molar-refractivity contribution < 1.29 is 79.1 Å². The normalized spacial score (nSPS) is 14.0. The Morgan fingerprint density at radius 1 is 0.494 bits per heavy atom. The third-order valence-electron chi connectivity index (χ3n) is 12.3. The van der Waals surface area contributed by atoms with Gasteiger partial charge in [0.25, 0.3) is 50.6 Å². The lowest BCUT2D eigenvalue weighted by atomic mass is 10.1. The molecule has 5 heterocycles. The van der Waals surface area contributed by atoms with E-state index in [1.54, 1.807) is 17.0 Å². The Morgan fingerprint density at radius 3 is 1.45 bits per heavy atom. The highest BCUT2D eigenvalue weighted by Gasteiger charge is 2.36. The summed E-state index contributed by atoms with van der Waals surface area (Å²) >= 11 is 13.9. The van der Waals surface area contributed by atoms with Crippen molar-refractivity contribution in [2.75, 3.05) is 70.1 Å². The van der Waals surface area contributed by atoms with Crippen LogP contribution in [0.1, 0.15) is 0 Å². The van der Waals surface area contributed by atoms with Gasteiger partial charge in [-0.15, -0.1) is 0 Å². The van der Waals surface area contributed by atoms with E-state index in [2.05, 4.69) is 66.5 Å². The largest absolute Gasteiger partial charge is 0.450 e. The highest BCUT2D eigenvalue weighted by Crippen LogP contribution is 2.49. The molecule has 39 heteroatoms. The number of hydrogen-bond donors (Lipinski definition) is 10. The monoisotopic (exact) mass is 1300 g/mol. The van der Waals surface area contributed by atoms with Crippen LogP contribution in [-0.4, -0.2) is 133 Å². The van der Waals surface area contributed by atoms with E-state index in [1.165, 1.54) is 54.6 Å². The maximum atomic E-state index is 13.4. The minimum absolute atomic E-state index is 0.0862. The lowest BCUT2D eigenvalue weighted by Gasteiger charge is -2.27. The minimum Gasteiger partial charge on any atom is -0.450 e.